The van der Waals surface area contributed by atoms with Gasteiger partial charge < -0.3 is 10.2 Å². The number of hydrogen-bond donors (Lipinski definition) is 1. The maximum Gasteiger partial charge on any atom is 0.139 e. The van der Waals surface area contributed by atoms with E-state index in [1.165, 1.54) is 24.6 Å². The molecule has 3 aromatic rings. The van der Waals surface area contributed by atoms with Gasteiger partial charge in [0.2, 0.25) is 0 Å². The van der Waals surface area contributed by atoms with E-state index in [0.29, 0.717) is 16.8 Å². The number of piperidine rings is 1. The van der Waals surface area contributed by atoms with Crippen molar-refractivity contribution in [2.24, 2.45) is 9.98 Å². The van der Waals surface area contributed by atoms with Gasteiger partial charge in [0.05, 0.1) is 0 Å². The van der Waals surface area contributed by atoms with Crippen LogP contribution in [0.25, 0.3) is 16.7 Å². The molecule has 0 unspecified atom stereocenters. The lowest BCUT2D eigenvalue weighted by molar-refractivity contribution is 0.255. The van der Waals surface area contributed by atoms with Crippen LogP contribution in [-0.4, -0.2) is 42.6 Å². The number of benzene rings is 2. The molecule has 200 valence electrons. The lowest BCUT2D eigenvalue weighted by Crippen LogP contribution is -2.29. The van der Waals surface area contributed by atoms with Gasteiger partial charge in [-0.2, -0.15) is 0 Å². The second kappa shape index (κ2) is 13.8. The second-order valence-electron chi connectivity index (χ2n) is 9.71. The Hall–Kier alpha value is -3.80. The van der Waals surface area contributed by atoms with Crippen molar-refractivity contribution in [3.63, 3.8) is 0 Å². The van der Waals surface area contributed by atoms with E-state index in [9.17, 15) is 0 Å². The minimum absolute atomic E-state index is 0.612. The zero-order valence-electron chi connectivity index (χ0n) is 22.8. The highest BCUT2D eigenvalue weighted by atomic mass is 35.5. The Bertz CT molecular complexity index is 1360. The Morgan fingerprint density at radius 1 is 1.13 bits per heavy atom. The molecule has 1 fully saturated rings. The number of aromatic nitrogens is 1. The molecule has 0 spiro atoms. The van der Waals surface area contributed by atoms with E-state index in [1.54, 1.807) is 12.4 Å². The molecule has 39 heavy (non-hydrogen) atoms. The summed E-state index contributed by atoms with van der Waals surface area (Å²) in [5.41, 5.74) is 7.19. The van der Waals surface area contributed by atoms with Gasteiger partial charge in [0.15, 0.2) is 0 Å². The summed E-state index contributed by atoms with van der Waals surface area (Å²) < 4.78 is 0. The molecule has 1 aliphatic heterocycles. The number of anilines is 1. The maximum absolute atomic E-state index is 6.79. The van der Waals surface area contributed by atoms with Crippen LogP contribution in [0.4, 0.5) is 5.69 Å². The van der Waals surface area contributed by atoms with Gasteiger partial charge in [-0.25, -0.2) is 4.99 Å². The van der Waals surface area contributed by atoms with Crippen molar-refractivity contribution in [1.82, 2.24) is 9.88 Å². The standard InChI is InChI=1S/C33H36ClN5/c1-5-24(31-14-11-27(21-32(31)34)28-8-7-17-36-23-28)20-29(22-35-3)33(37-6-2)38-30-12-9-25(10-13-30)26-15-18-39(4)19-16-26/h6-14,17,20-23,26H,2-3,5,15-16,18-19H2,1,4H3,(H,37,38)/b24-20+,29-22-. The fraction of sp³-hybridized carbons (Fsp3) is 0.242. The van der Waals surface area contributed by atoms with E-state index in [0.717, 1.165) is 53.0 Å². The van der Waals surface area contributed by atoms with Crippen LogP contribution in [0.5, 0.6) is 0 Å². The summed E-state index contributed by atoms with van der Waals surface area (Å²) in [5, 5.41) is 4.13. The highest BCUT2D eigenvalue weighted by Gasteiger charge is 2.18. The average molecular weight is 538 g/mol. The molecule has 1 aliphatic rings. The van der Waals surface area contributed by atoms with Crippen LogP contribution in [-0.2, 0) is 0 Å². The number of nitrogens with zero attached hydrogens (tertiary/aromatic N) is 4. The molecule has 0 aliphatic carbocycles. The lowest BCUT2D eigenvalue weighted by atomic mass is 9.89. The summed E-state index contributed by atoms with van der Waals surface area (Å²) in [6.07, 6.45) is 12.1. The summed E-state index contributed by atoms with van der Waals surface area (Å²) in [6, 6.07) is 18.7. The largest absolute Gasteiger partial charge is 0.340 e. The molecule has 0 radical (unpaired) electrons. The van der Waals surface area contributed by atoms with Gasteiger partial charge in [0.1, 0.15) is 5.84 Å². The minimum Gasteiger partial charge on any atom is -0.340 e. The second-order valence-corrected chi connectivity index (χ2v) is 10.1. The van der Waals surface area contributed by atoms with Crippen LogP contribution in [0.2, 0.25) is 5.02 Å². The van der Waals surface area contributed by atoms with Crippen molar-refractivity contribution in [2.45, 2.75) is 32.1 Å². The van der Waals surface area contributed by atoms with Crippen LogP contribution in [0.1, 0.15) is 43.2 Å². The minimum atomic E-state index is 0.612. The van der Waals surface area contributed by atoms with E-state index >= 15 is 0 Å². The number of pyridine rings is 1. The zero-order valence-corrected chi connectivity index (χ0v) is 23.5. The first kappa shape index (κ1) is 28.2. The predicted molar refractivity (Wildman–Crippen MR) is 168 cm³/mol. The van der Waals surface area contributed by atoms with E-state index in [-0.39, 0.29) is 0 Å². The Kier molecular flexibility index (Phi) is 10.0. The van der Waals surface area contributed by atoms with Gasteiger partial charge in [-0.1, -0.05) is 55.4 Å². The first-order valence-corrected chi connectivity index (χ1v) is 13.7. The maximum atomic E-state index is 6.79. The SMILES string of the molecule is C=CN=C(Nc1ccc(C2CCN(C)CC2)cc1)C(=C\N=C)/C=C(\CC)c1ccc(-c2cccnc2)cc1Cl. The van der Waals surface area contributed by atoms with Gasteiger partial charge >= 0.3 is 0 Å². The summed E-state index contributed by atoms with van der Waals surface area (Å²) in [5.74, 6) is 1.25. The van der Waals surface area contributed by atoms with Crippen LogP contribution in [0.3, 0.4) is 0 Å². The highest BCUT2D eigenvalue weighted by Crippen LogP contribution is 2.32. The molecule has 1 N–H and O–H groups in total. The van der Waals surface area contributed by atoms with E-state index in [2.05, 4.69) is 94.9 Å². The molecular weight excluding hydrogens is 502 g/mol. The van der Waals surface area contributed by atoms with Gasteiger partial charge in [-0.3, -0.25) is 9.98 Å². The van der Waals surface area contributed by atoms with Crippen molar-refractivity contribution in [2.75, 3.05) is 25.5 Å². The van der Waals surface area contributed by atoms with Crippen molar-refractivity contribution < 1.29 is 0 Å². The van der Waals surface area contributed by atoms with Crippen LogP contribution in [0.15, 0.2) is 108 Å². The van der Waals surface area contributed by atoms with Gasteiger partial charge in [0, 0.05) is 46.6 Å². The molecule has 2 heterocycles. The molecule has 6 heteroatoms. The molecule has 0 amide bonds. The van der Waals surface area contributed by atoms with Crippen LogP contribution >= 0.6 is 11.6 Å². The van der Waals surface area contributed by atoms with Crippen molar-refractivity contribution in [3.8, 4) is 11.1 Å². The lowest BCUT2D eigenvalue weighted by Gasteiger charge is -2.29. The topological polar surface area (TPSA) is 52.9 Å². The monoisotopic (exact) mass is 537 g/mol. The Balaban J connectivity index is 1.58. The fourth-order valence-electron chi connectivity index (χ4n) is 4.90. The number of likely N-dealkylation sites (tertiary alicyclic amines) is 1. The highest BCUT2D eigenvalue weighted by molar-refractivity contribution is 6.32. The molecule has 4 rings (SSSR count). The number of halogens is 1. The van der Waals surface area contributed by atoms with Gasteiger partial charge in [-0.05, 0) is 105 Å². The third-order valence-electron chi connectivity index (χ3n) is 7.11. The molecule has 1 aromatic heterocycles. The Morgan fingerprint density at radius 3 is 2.51 bits per heavy atom. The summed E-state index contributed by atoms with van der Waals surface area (Å²) in [7, 11) is 2.19. The van der Waals surface area contributed by atoms with Crippen LogP contribution in [0, 0.1) is 0 Å². The normalized spacial score (nSPS) is 15.7. The zero-order chi connectivity index (χ0) is 27.6. The third-order valence-corrected chi connectivity index (χ3v) is 7.42. The predicted octanol–water partition coefficient (Wildman–Crippen LogP) is 8.24. The molecule has 0 atom stereocenters. The average Bonchev–Trinajstić information content (AvgIpc) is 2.96. The first-order valence-electron chi connectivity index (χ1n) is 13.3. The van der Waals surface area contributed by atoms with Gasteiger partial charge in [0.25, 0.3) is 0 Å². The smallest absolute Gasteiger partial charge is 0.139 e. The Labute approximate surface area is 237 Å². The quantitative estimate of drug-likeness (QED) is 0.170. The number of aliphatic imine (C=N–C) groups is 2. The number of allylic oxidation sites excluding steroid dienone is 1. The third kappa shape index (κ3) is 7.41. The molecule has 0 bridgehead atoms. The molecule has 5 nitrogen and oxygen atoms in total. The molecule has 2 aromatic carbocycles. The summed E-state index contributed by atoms with van der Waals surface area (Å²) in [4.78, 5) is 15.2. The van der Waals surface area contributed by atoms with Crippen LogP contribution < -0.4 is 5.32 Å². The number of amidine groups is 1. The first-order chi connectivity index (χ1) is 19.0. The number of hydrogen-bond acceptors (Lipinski definition) is 4. The van der Waals surface area contributed by atoms with Crippen molar-refractivity contribution in [1.29, 1.82) is 0 Å². The summed E-state index contributed by atoms with van der Waals surface area (Å²) >= 11 is 6.79. The molecule has 0 saturated carbocycles. The fourth-order valence-corrected chi connectivity index (χ4v) is 5.20. The van der Waals surface area contributed by atoms with E-state index in [1.807, 2.05) is 24.4 Å². The van der Waals surface area contributed by atoms with E-state index < -0.39 is 0 Å². The van der Waals surface area contributed by atoms with Crippen molar-refractivity contribution >= 4 is 35.4 Å². The summed E-state index contributed by atoms with van der Waals surface area (Å²) in [6.45, 7) is 11.9. The number of rotatable bonds is 9. The Morgan fingerprint density at radius 2 is 1.90 bits per heavy atom. The van der Waals surface area contributed by atoms with Crippen molar-refractivity contribution in [3.05, 3.63) is 114 Å². The molecular formula is C33H36ClN5. The van der Waals surface area contributed by atoms with E-state index in [4.69, 9.17) is 11.6 Å². The molecule has 1 saturated heterocycles. The number of nitrogens with one attached hydrogen (secondary N) is 1. The van der Waals surface area contributed by atoms with Gasteiger partial charge in [-0.15, -0.1) is 0 Å².